The lowest BCUT2D eigenvalue weighted by Crippen LogP contribution is -2.37. The van der Waals surface area contributed by atoms with Crippen LogP contribution in [0.4, 0.5) is 11.4 Å². The second-order valence-corrected chi connectivity index (χ2v) is 8.14. The molecular formula is C26H22N2O7. The number of imide groups is 1. The zero-order valence-electron chi connectivity index (χ0n) is 19.0. The molecule has 2 heterocycles. The van der Waals surface area contributed by atoms with E-state index in [1.54, 1.807) is 17.2 Å². The number of phenols is 1. The highest BCUT2D eigenvalue weighted by molar-refractivity contribution is 6.24. The maximum Gasteiger partial charge on any atom is 0.337 e. The molecule has 2 fully saturated rings. The van der Waals surface area contributed by atoms with Gasteiger partial charge in [0.2, 0.25) is 5.91 Å². The SMILES string of the molecule is COC(=O)c1ccc(N2C(=O)C3ON(c4ccccc4)C(c4ccc(O)c(OC)c4)C3C2=O)cc1. The Hall–Kier alpha value is -4.37. The smallest absolute Gasteiger partial charge is 0.337 e. The van der Waals surface area contributed by atoms with Crippen LogP contribution in [0, 0.1) is 5.92 Å². The number of carbonyl (C=O) groups excluding carboxylic acids is 3. The van der Waals surface area contributed by atoms with Crippen LogP contribution >= 0.6 is 0 Å². The number of rotatable bonds is 5. The lowest BCUT2D eigenvalue weighted by Gasteiger charge is -2.29. The van der Waals surface area contributed by atoms with Crippen LogP contribution in [0.1, 0.15) is 22.0 Å². The summed E-state index contributed by atoms with van der Waals surface area (Å²) in [6, 6.07) is 19.3. The minimum absolute atomic E-state index is 0.0425. The first-order valence-corrected chi connectivity index (χ1v) is 10.9. The van der Waals surface area contributed by atoms with Crippen LogP contribution in [-0.4, -0.2) is 43.2 Å². The van der Waals surface area contributed by atoms with Crippen molar-refractivity contribution >= 4 is 29.2 Å². The Morgan fingerprint density at radius 3 is 2.29 bits per heavy atom. The van der Waals surface area contributed by atoms with Crippen LogP contribution in [0.5, 0.6) is 11.5 Å². The molecule has 0 aliphatic carbocycles. The number of hydroxylamine groups is 1. The van der Waals surface area contributed by atoms with Crippen molar-refractivity contribution in [2.45, 2.75) is 12.1 Å². The van der Waals surface area contributed by atoms with E-state index in [4.69, 9.17) is 14.3 Å². The molecule has 3 unspecified atom stereocenters. The summed E-state index contributed by atoms with van der Waals surface area (Å²) in [5.74, 6) is -2.10. The molecule has 0 radical (unpaired) electrons. The molecule has 0 saturated carbocycles. The molecular weight excluding hydrogens is 452 g/mol. The van der Waals surface area contributed by atoms with Gasteiger partial charge in [0.15, 0.2) is 17.6 Å². The number of fused-ring (bicyclic) bond motifs is 1. The number of benzene rings is 3. The summed E-state index contributed by atoms with van der Waals surface area (Å²) < 4.78 is 9.97. The zero-order chi connectivity index (χ0) is 24.7. The molecule has 2 aliphatic heterocycles. The highest BCUT2D eigenvalue weighted by Gasteiger charge is 2.60. The van der Waals surface area contributed by atoms with Gasteiger partial charge in [0, 0.05) is 0 Å². The maximum atomic E-state index is 13.7. The molecule has 0 bridgehead atoms. The molecule has 2 saturated heterocycles. The van der Waals surface area contributed by atoms with Gasteiger partial charge in [0.1, 0.15) is 5.92 Å². The summed E-state index contributed by atoms with van der Waals surface area (Å²) in [7, 11) is 2.71. The number of anilines is 2. The summed E-state index contributed by atoms with van der Waals surface area (Å²) in [4.78, 5) is 46.0. The van der Waals surface area contributed by atoms with Gasteiger partial charge in [-0.3, -0.25) is 14.4 Å². The fraction of sp³-hybridized carbons (Fsp3) is 0.192. The number of ether oxygens (including phenoxy) is 2. The normalized spacial score (nSPS) is 21.3. The van der Waals surface area contributed by atoms with E-state index in [1.807, 2.05) is 30.3 Å². The molecule has 3 atom stereocenters. The quantitative estimate of drug-likeness (QED) is 0.444. The van der Waals surface area contributed by atoms with Gasteiger partial charge in [-0.1, -0.05) is 24.3 Å². The molecule has 2 amide bonds. The molecule has 2 aliphatic rings. The second kappa shape index (κ2) is 8.77. The number of esters is 1. The van der Waals surface area contributed by atoms with Crippen LogP contribution in [0.15, 0.2) is 72.8 Å². The van der Waals surface area contributed by atoms with Crippen molar-refractivity contribution in [3.8, 4) is 11.5 Å². The van der Waals surface area contributed by atoms with Gasteiger partial charge < -0.3 is 14.6 Å². The van der Waals surface area contributed by atoms with Crippen molar-refractivity contribution in [3.05, 3.63) is 83.9 Å². The van der Waals surface area contributed by atoms with E-state index in [1.165, 1.54) is 44.6 Å². The Balaban J connectivity index is 1.55. The van der Waals surface area contributed by atoms with Crippen molar-refractivity contribution in [3.63, 3.8) is 0 Å². The fourth-order valence-corrected chi connectivity index (χ4v) is 4.55. The number of amides is 2. The number of hydrogen-bond acceptors (Lipinski definition) is 8. The average Bonchev–Trinajstić information content (AvgIpc) is 3.40. The summed E-state index contributed by atoms with van der Waals surface area (Å²) >= 11 is 0. The van der Waals surface area contributed by atoms with Crippen molar-refractivity contribution < 1.29 is 33.8 Å². The lowest BCUT2D eigenvalue weighted by molar-refractivity contribution is -0.126. The molecule has 9 heteroatoms. The summed E-state index contributed by atoms with van der Waals surface area (Å²) in [5.41, 5.74) is 1.95. The first-order valence-electron chi connectivity index (χ1n) is 10.9. The molecule has 3 aromatic rings. The number of nitrogens with zero attached hydrogens (tertiary/aromatic N) is 2. The largest absolute Gasteiger partial charge is 0.504 e. The summed E-state index contributed by atoms with van der Waals surface area (Å²) in [5, 5.41) is 11.6. The van der Waals surface area contributed by atoms with E-state index in [2.05, 4.69) is 0 Å². The first kappa shape index (κ1) is 22.4. The predicted molar refractivity (Wildman–Crippen MR) is 125 cm³/mol. The third-order valence-electron chi connectivity index (χ3n) is 6.22. The molecule has 3 aromatic carbocycles. The summed E-state index contributed by atoms with van der Waals surface area (Å²) in [6.07, 6.45) is -1.05. The van der Waals surface area contributed by atoms with Gasteiger partial charge in [-0.25, -0.2) is 14.8 Å². The molecule has 5 rings (SSSR count). The number of aromatic hydroxyl groups is 1. The Morgan fingerprint density at radius 1 is 0.914 bits per heavy atom. The van der Waals surface area contributed by atoms with E-state index < -0.39 is 35.8 Å². The van der Waals surface area contributed by atoms with Gasteiger partial charge >= 0.3 is 5.97 Å². The minimum atomic E-state index is -1.05. The summed E-state index contributed by atoms with van der Waals surface area (Å²) in [6.45, 7) is 0. The van der Waals surface area contributed by atoms with Crippen LogP contribution in [-0.2, 0) is 19.2 Å². The van der Waals surface area contributed by atoms with Crippen LogP contribution in [0.2, 0.25) is 0 Å². The minimum Gasteiger partial charge on any atom is -0.504 e. The third-order valence-corrected chi connectivity index (χ3v) is 6.22. The van der Waals surface area contributed by atoms with E-state index in [-0.39, 0.29) is 11.5 Å². The zero-order valence-corrected chi connectivity index (χ0v) is 19.0. The van der Waals surface area contributed by atoms with Crippen molar-refractivity contribution in [1.82, 2.24) is 0 Å². The second-order valence-electron chi connectivity index (χ2n) is 8.14. The first-order chi connectivity index (χ1) is 16.9. The topological polar surface area (TPSA) is 106 Å². The van der Waals surface area contributed by atoms with Gasteiger partial charge in [-0.15, -0.1) is 0 Å². The molecule has 35 heavy (non-hydrogen) atoms. The van der Waals surface area contributed by atoms with Crippen molar-refractivity contribution in [2.75, 3.05) is 24.2 Å². The van der Waals surface area contributed by atoms with E-state index in [0.29, 0.717) is 22.5 Å². The molecule has 178 valence electrons. The van der Waals surface area contributed by atoms with Gasteiger partial charge in [0.25, 0.3) is 5.91 Å². The highest BCUT2D eigenvalue weighted by atomic mass is 16.7. The number of hydrogen-bond donors (Lipinski definition) is 1. The Bertz CT molecular complexity index is 1290. The van der Waals surface area contributed by atoms with Crippen molar-refractivity contribution in [1.29, 1.82) is 0 Å². The third kappa shape index (κ3) is 3.66. The Morgan fingerprint density at radius 2 is 1.63 bits per heavy atom. The lowest BCUT2D eigenvalue weighted by atomic mass is 9.90. The Labute approximate surface area is 201 Å². The monoisotopic (exact) mass is 474 g/mol. The van der Waals surface area contributed by atoms with E-state index in [9.17, 15) is 19.5 Å². The standard InChI is InChI=1S/C26H22N2O7/c1-33-20-14-16(10-13-19(20)29)22-21-23(35-28(22)18-6-4-3-5-7-18)25(31)27(24(21)30)17-11-8-15(9-12-17)26(32)34-2/h3-14,21-23,29H,1-2H3. The van der Waals surface area contributed by atoms with Crippen LogP contribution in [0.25, 0.3) is 0 Å². The number of para-hydroxylation sites is 1. The predicted octanol–water partition coefficient (Wildman–Crippen LogP) is 3.24. The maximum absolute atomic E-state index is 13.7. The van der Waals surface area contributed by atoms with Gasteiger partial charge in [-0.05, 0) is 54.1 Å². The van der Waals surface area contributed by atoms with E-state index in [0.717, 1.165) is 4.90 Å². The van der Waals surface area contributed by atoms with Gasteiger partial charge in [0.05, 0.1) is 37.2 Å². The Kier molecular flexibility index (Phi) is 5.62. The van der Waals surface area contributed by atoms with Crippen LogP contribution in [0.3, 0.4) is 0 Å². The van der Waals surface area contributed by atoms with E-state index >= 15 is 0 Å². The number of phenolic OH excluding ortho intramolecular Hbond substituents is 1. The molecule has 0 aromatic heterocycles. The average molecular weight is 474 g/mol. The van der Waals surface area contributed by atoms with Crippen molar-refractivity contribution in [2.24, 2.45) is 5.92 Å². The molecule has 9 nitrogen and oxygen atoms in total. The number of carbonyl (C=O) groups is 3. The highest BCUT2D eigenvalue weighted by Crippen LogP contribution is 2.48. The number of methoxy groups -OCH3 is 2. The molecule has 1 N–H and O–H groups in total. The van der Waals surface area contributed by atoms with Gasteiger partial charge in [-0.2, -0.15) is 0 Å². The molecule has 0 spiro atoms. The van der Waals surface area contributed by atoms with Crippen LogP contribution < -0.4 is 14.7 Å². The fourth-order valence-electron chi connectivity index (χ4n) is 4.55.